The van der Waals surface area contributed by atoms with Gasteiger partial charge < -0.3 is 20.2 Å². The second kappa shape index (κ2) is 13.6. The zero-order valence-electron chi connectivity index (χ0n) is 23.1. The normalized spacial score (nSPS) is 17.5. The number of carboxylic acid groups (broad SMARTS) is 1. The van der Waals surface area contributed by atoms with Gasteiger partial charge in [-0.1, -0.05) is 60.7 Å². The van der Waals surface area contributed by atoms with Gasteiger partial charge in [0.1, 0.15) is 6.04 Å². The van der Waals surface area contributed by atoms with Crippen molar-refractivity contribution in [1.82, 2.24) is 15.1 Å². The van der Waals surface area contributed by atoms with Gasteiger partial charge in [-0.05, 0) is 30.9 Å². The van der Waals surface area contributed by atoms with E-state index in [1.807, 2.05) is 60.7 Å². The molecule has 2 aliphatic rings. The molecule has 2 atom stereocenters. The maximum absolute atomic E-state index is 13.7. The molecule has 218 valence electrons. The van der Waals surface area contributed by atoms with E-state index in [9.17, 15) is 33.9 Å². The Bertz CT molecular complexity index is 1440. The Morgan fingerprint density at radius 3 is 2.17 bits per heavy atom. The summed E-state index contributed by atoms with van der Waals surface area (Å²) in [5.41, 5.74) is 0.976. The van der Waals surface area contributed by atoms with E-state index in [1.54, 1.807) is 0 Å². The van der Waals surface area contributed by atoms with Crippen LogP contribution in [0, 0.1) is 0 Å². The second-order valence-corrected chi connectivity index (χ2v) is 10.0. The average Bonchev–Trinajstić information content (AvgIpc) is 3.13. The minimum atomic E-state index is -1.51. The number of aliphatic carboxylic acids is 1. The number of aryl methyl sites for hydroxylation is 2. The number of carbonyl (C=O) groups is 6. The number of allylic oxidation sites excluding steroid dienone is 1. The van der Waals surface area contributed by atoms with Gasteiger partial charge in [0.25, 0.3) is 5.70 Å². The van der Waals surface area contributed by atoms with Crippen LogP contribution in [-0.2, 0) is 41.6 Å². The molecule has 0 bridgehead atoms. The molecular weight excluding hydrogens is 542 g/mol. The van der Waals surface area contributed by atoms with E-state index in [1.165, 1.54) is 16.7 Å². The number of hydrogen-bond acceptors (Lipinski definition) is 7. The summed E-state index contributed by atoms with van der Waals surface area (Å²) in [6.45, 7) is 1.41. The van der Waals surface area contributed by atoms with Crippen LogP contribution < -0.4 is 5.32 Å². The zero-order chi connectivity index (χ0) is 30.2. The summed E-state index contributed by atoms with van der Waals surface area (Å²) >= 11 is 0. The van der Waals surface area contributed by atoms with Gasteiger partial charge in [0.05, 0.1) is 0 Å². The summed E-state index contributed by atoms with van der Waals surface area (Å²) in [6, 6.07) is 16.6. The number of hydrogen-bond donors (Lipinski definition) is 2. The van der Waals surface area contributed by atoms with Crippen LogP contribution in [0.3, 0.4) is 0 Å². The Morgan fingerprint density at radius 2 is 1.60 bits per heavy atom. The van der Waals surface area contributed by atoms with Crippen molar-refractivity contribution in [3.05, 3.63) is 83.2 Å². The Morgan fingerprint density at radius 1 is 1.00 bits per heavy atom. The summed E-state index contributed by atoms with van der Waals surface area (Å²) in [7, 11) is 0. The van der Waals surface area contributed by atoms with Crippen molar-refractivity contribution in [2.45, 2.75) is 44.7 Å². The number of amides is 4. The van der Waals surface area contributed by atoms with Crippen molar-refractivity contribution >= 4 is 35.9 Å². The van der Waals surface area contributed by atoms with Crippen LogP contribution in [0.5, 0.6) is 0 Å². The fraction of sp³-hybridized carbons (Fsp3) is 0.333. The second-order valence-electron chi connectivity index (χ2n) is 10.0. The third-order valence-corrected chi connectivity index (χ3v) is 7.25. The molecular formula is C30H32N5O7+. The number of benzene rings is 2. The molecule has 2 aromatic carbocycles. The smallest absolute Gasteiger partial charge is 0.440 e. The molecule has 12 nitrogen and oxygen atoms in total. The van der Waals surface area contributed by atoms with E-state index < -0.39 is 35.6 Å². The van der Waals surface area contributed by atoms with E-state index in [0.717, 1.165) is 11.1 Å². The van der Waals surface area contributed by atoms with E-state index in [4.69, 9.17) is 0 Å². The quantitative estimate of drug-likeness (QED) is 0.303. The first-order valence-corrected chi connectivity index (χ1v) is 13.6. The van der Waals surface area contributed by atoms with Gasteiger partial charge in [-0.25, -0.2) is 9.59 Å². The highest BCUT2D eigenvalue weighted by Gasteiger charge is 2.49. The van der Waals surface area contributed by atoms with Crippen molar-refractivity contribution in [3.63, 3.8) is 0 Å². The van der Waals surface area contributed by atoms with Gasteiger partial charge in [-0.15, -0.1) is 0 Å². The van der Waals surface area contributed by atoms with Crippen LogP contribution in [0.2, 0.25) is 0 Å². The summed E-state index contributed by atoms with van der Waals surface area (Å²) in [5, 5.41) is 15.8. The van der Waals surface area contributed by atoms with Gasteiger partial charge in [-0.2, -0.15) is 0 Å². The lowest BCUT2D eigenvalue weighted by molar-refractivity contribution is -0.484. The lowest BCUT2D eigenvalue weighted by Crippen LogP contribution is -2.55. The first-order chi connectivity index (χ1) is 20.2. The zero-order valence-corrected chi connectivity index (χ0v) is 23.1. The maximum Gasteiger partial charge on any atom is 0.440 e. The van der Waals surface area contributed by atoms with Crippen LogP contribution in [0.1, 0.15) is 30.9 Å². The van der Waals surface area contributed by atoms with Gasteiger partial charge >= 0.3 is 17.6 Å². The highest BCUT2D eigenvalue weighted by molar-refractivity contribution is 5.96. The first kappa shape index (κ1) is 30.0. The molecule has 2 aliphatic heterocycles. The van der Waals surface area contributed by atoms with E-state index in [0.29, 0.717) is 17.5 Å². The van der Waals surface area contributed by atoms with Crippen molar-refractivity contribution in [2.24, 2.45) is 5.11 Å². The largest absolute Gasteiger partial charge is 0.473 e. The highest BCUT2D eigenvalue weighted by atomic mass is 16.4. The molecule has 0 spiro atoms. The topological polar surface area (TPSA) is 157 Å². The molecule has 1 saturated heterocycles. The monoisotopic (exact) mass is 574 g/mol. The summed E-state index contributed by atoms with van der Waals surface area (Å²) in [6.07, 6.45) is 1.48. The lowest BCUT2D eigenvalue weighted by Gasteiger charge is -2.27. The van der Waals surface area contributed by atoms with Gasteiger partial charge in [0.15, 0.2) is 12.3 Å². The Balaban J connectivity index is 1.50. The number of azo groups is 2. The third kappa shape index (κ3) is 7.00. The van der Waals surface area contributed by atoms with Crippen LogP contribution in [0.25, 0.3) is 0 Å². The molecule has 1 fully saturated rings. The molecule has 2 aromatic rings. The number of nitrogens with zero attached hydrogens (tertiary/aromatic N) is 4. The van der Waals surface area contributed by atoms with Crippen molar-refractivity contribution in [1.29, 1.82) is 0 Å². The Hall–Kier alpha value is -5.00. The number of nitrogens with one attached hydrogen (secondary N) is 1. The molecule has 0 unspecified atom stereocenters. The van der Waals surface area contributed by atoms with Gasteiger partial charge in [0.2, 0.25) is 17.7 Å². The molecule has 0 radical (unpaired) electrons. The van der Waals surface area contributed by atoms with Crippen molar-refractivity contribution < 1.29 is 38.6 Å². The van der Waals surface area contributed by atoms with E-state index in [-0.39, 0.29) is 56.3 Å². The fourth-order valence-corrected chi connectivity index (χ4v) is 4.89. The van der Waals surface area contributed by atoms with Crippen LogP contribution in [0.15, 0.2) is 77.2 Å². The molecule has 4 amide bonds. The highest BCUT2D eigenvalue weighted by Crippen LogP contribution is 2.21. The standard InChI is InChI=1S/C30H31N5O7/c1-20(28(39)35-27(30(41)42)24(19-36)32-35)34-17-16-33(26(38)15-13-22-10-6-3-7-11-22)18-23(29(34)40)31-25(37)14-12-21-8-4-2-5-9-21/h2-11,19-20,23H,12-18H2,1H3,(H-,31,37,41,42)/p+1/t20-,23+/m1/s1. The molecule has 0 aliphatic carbocycles. The minimum Gasteiger partial charge on any atom is -0.473 e. The first-order valence-electron chi connectivity index (χ1n) is 13.6. The Kier molecular flexibility index (Phi) is 9.69. The predicted octanol–water partition coefficient (Wildman–Crippen LogP) is 1.30. The van der Waals surface area contributed by atoms with Crippen LogP contribution in [-0.4, -0.2) is 87.2 Å². The summed E-state index contributed by atoms with van der Waals surface area (Å²) < 4.78 is 0.588. The third-order valence-electron chi connectivity index (χ3n) is 7.25. The van der Waals surface area contributed by atoms with Gasteiger partial charge in [0, 0.05) is 42.3 Å². The molecule has 2 N–H and O–H groups in total. The lowest BCUT2D eigenvalue weighted by atomic mass is 10.1. The SMILES string of the molecule is C[C@H](C(=O)[N+]1=NC(C=O)=C1C(=O)O)N1CCN(C(=O)CCc2ccccc2)C[C@H](NC(=O)CCc2ccccc2)C1=O. The predicted molar refractivity (Wildman–Crippen MR) is 148 cm³/mol. The molecule has 42 heavy (non-hydrogen) atoms. The molecule has 2 heterocycles. The molecule has 0 saturated carbocycles. The number of carboxylic acids is 1. The summed E-state index contributed by atoms with van der Waals surface area (Å²) in [5.74, 6) is -3.52. The van der Waals surface area contributed by atoms with E-state index >= 15 is 0 Å². The van der Waals surface area contributed by atoms with Crippen LogP contribution >= 0.6 is 0 Å². The minimum absolute atomic E-state index is 0.0281. The molecule has 0 aromatic heterocycles. The van der Waals surface area contributed by atoms with Crippen LogP contribution in [0.4, 0.5) is 0 Å². The number of aldehydes is 1. The summed E-state index contributed by atoms with van der Waals surface area (Å²) in [4.78, 5) is 78.4. The average molecular weight is 575 g/mol. The van der Waals surface area contributed by atoms with E-state index in [2.05, 4.69) is 10.4 Å². The molecule has 4 rings (SSSR count). The van der Waals surface area contributed by atoms with Crippen molar-refractivity contribution in [3.8, 4) is 0 Å². The van der Waals surface area contributed by atoms with Crippen molar-refractivity contribution in [2.75, 3.05) is 19.6 Å². The fourth-order valence-electron chi connectivity index (χ4n) is 4.89. The number of rotatable bonds is 11. The molecule has 12 heteroatoms. The maximum atomic E-state index is 13.7. The van der Waals surface area contributed by atoms with Gasteiger partial charge in [-0.3, -0.25) is 19.2 Å². The number of carbonyl (C=O) groups excluding carboxylic acids is 5. The Labute approximate surface area is 242 Å².